The van der Waals surface area contributed by atoms with E-state index < -0.39 is 15.9 Å². The molecule has 1 amide bonds. The van der Waals surface area contributed by atoms with Gasteiger partial charge in [0.1, 0.15) is 11.5 Å². The van der Waals surface area contributed by atoms with Crippen LogP contribution in [-0.4, -0.2) is 32.4 Å². The number of fused-ring (bicyclic) bond motifs is 1. The Kier molecular flexibility index (Phi) is 6.87. The summed E-state index contributed by atoms with van der Waals surface area (Å²) >= 11 is 0. The third-order valence-electron chi connectivity index (χ3n) is 3.50. The first-order chi connectivity index (χ1) is 11.8. The topological polar surface area (TPSA) is 78.8 Å². The molecular weight excluding hydrogens is 338 g/mol. The normalized spacial score (nSPS) is 15.5. The van der Waals surface area contributed by atoms with Crippen LogP contribution in [0.15, 0.2) is 64.4 Å². The smallest absolute Gasteiger partial charge is 0.274 e. The number of allylic oxidation sites excluding steroid dienone is 3. The summed E-state index contributed by atoms with van der Waals surface area (Å²) in [6.07, 6.45) is 2.91. The summed E-state index contributed by atoms with van der Waals surface area (Å²) in [5.74, 6) is -0.390. The van der Waals surface area contributed by atoms with Crippen molar-refractivity contribution in [2.45, 2.75) is 25.7 Å². The van der Waals surface area contributed by atoms with E-state index in [1.807, 2.05) is 13.8 Å². The molecule has 0 spiro atoms. The van der Waals surface area contributed by atoms with Crippen molar-refractivity contribution in [3.63, 3.8) is 0 Å². The minimum atomic E-state index is -3.77. The molecule has 0 aromatic heterocycles. The molecule has 1 aliphatic rings. The van der Waals surface area contributed by atoms with Crippen LogP contribution in [0.3, 0.4) is 0 Å². The first-order valence-corrected chi connectivity index (χ1v) is 9.18. The van der Waals surface area contributed by atoms with Gasteiger partial charge in [-0.1, -0.05) is 44.7 Å². The second-order valence-electron chi connectivity index (χ2n) is 4.84. The van der Waals surface area contributed by atoms with Crippen LogP contribution in [0.1, 0.15) is 26.3 Å². The third kappa shape index (κ3) is 3.88. The molecule has 0 fully saturated rings. The molecule has 6 nitrogen and oxygen atoms in total. The number of nitrogens with zero attached hydrogens (tertiary/aromatic N) is 2. The van der Waals surface area contributed by atoms with E-state index in [2.05, 4.69) is 23.6 Å². The summed E-state index contributed by atoms with van der Waals surface area (Å²) < 4.78 is 26.2. The zero-order chi connectivity index (χ0) is 19.2. The van der Waals surface area contributed by atoms with E-state index in [1.54, 1.807) is 25.1 Å². The van der Waals surface area contributed by atoms with Gasteiger partial charge in [0.05, 0.1) is 4.90 Å². The molecule has 0 aliphatic carbocycles. The van der Waals surface area contributed by atoms with Gasteiger partial charge in [0, 0.05) is 12.6 Å². The molecule has 7 heteroatoms. The molecule has 1 N–H and O–H groups in total. The number of hydrogen-bond donors (Lipinski definition) is 1. The number of sulfonamides is 1. The van der Waals surface area contributed by atoms with E-state index in [9.17, 15) is 13.2 Å². The number of aliphatic imine (C=N–C) groups is 1. The number of nitrogens with one attached hydrogen (secondary N) is 1. The van der Waals surface area contributed by atoms with Gasteiger partial charge in [0.2, 0.25) is 0 Å². The van der Waals surface area contributed by atoms with Gasteiger partial charge in [-0.2, -0.15) is 0 Å². The van der Waals surface area contributed by atoms with Crippen molar-refractivity contribution in [2.24, 2.45) is 4.99 Å². The Bertz CT molecular complexity index is 852. The van der Waals surface area contributed by atoms with Gasteiger partial charge in [-0.15, -0.1) is 0 Å². The van der Waals surface area contributed by atoms with Gasteiger partial charge in [-0.3, -0.25) is 9.10 Å². The first-order valence-electron chi connectivity index (χ1n) is 7.74. The fourth-order valence-corrected chi connectivity index (χ4v) is 3.87. The minimum absolute atomic E-state index is 0.0438. The Morgan fingerprint density at radius 1 is 1.28 bits per heavy atom. The Morgan fingerprint density at radius 3 is 2.44 bits per heavy atom. The lowest BCUT2D eigenvalue weighted by Crippen LogP contribution is -2.39. The minimum Gasteiger partial charge on any atom is -0.305 e. The van der Waals surface area contributed by atoms with Crippen molar-refractivity contribution in [3.8, 4) is 0 Å². The summed E-state index contributed by atoms with van der Waals surface area (Å²) in [6, 6.07) is 6.57. The Labute approximate surface area is 149 Å². The van der Waals surface area contributed by atoms with Crippen LogP contribution < -0.4 is 5.32 Å². The molecule has 0 atom stereocenters. The maximum Gasteiger partial charge on any atom is 0.274 e. The van der Waals surface area contributed by atoms with Crippen molar-refractivity contribution in [1.29, 1.82) is 0 Å². The van der Waals surface area contributed by atoms with E-state index in [0.29, 0.717) is 11.1 Å². The number of benzene rings is 1. The van der Waals surface area contributed by atoms with Crippen LogP contribution in [0, 0.1) is 0 Å². The second kappa shape index (κ2) is 8.43. The fourth-order valence-electron chi connectivity index (χ4n) is 2.37. The maximum absolute atomic E-state index is 12.6. The van der Waals surface area contributed by atoms with Gasteiger partial charge in [0.15, 0.2) is 0 Å². The molecule has 0 bridgehead atoms. The van der Waals surface area contributed by atoms with E-state index >= 15 is 0 Å². The molecule has 25 heavy (non-hydrogen) atoms. The highest BCUT2D eigenvalue weighted by atomic mass is 32.2. The van der Waals surface area contributed by atoms with Crippen LogP contribution in [0.25, 0.3) is 5.57 Å². The highest BCUT2D eigenvalue weighted by molar-refractivity contribution is 7.89. The van der Waals surface area contributed by atoms with Crippen LogP contribution in [-0.2, 0) is 14.8 Å². The number of hydrogen-bond acceptors (Lipinski definition) is 4. The highest BCUT2D eigenvalue weighted by Gasteiger charge is 2.35. The molecule has 1 aromatic carbocycles. The molecule has 1 aliphatic heterocycles. The SMILES string of the molecule is C=C/C=C(\N=C)NC(=O)C1=C(C)c2ccccc2S(=O)(=O)N1C.CC. The monoisotopic (exact) mass is 361 g/mol. The van der Waals surface area contributed by atoms with Crippen LogP contribution in [0.2, 0.25) is 0 Å². The quantitative estimate of drug-likeness (QED) is 0.661. The molecular formula is C18H23N3O3S. The molecule has 1 heterocycles. The van der Waals surface area contributed by atoms with Gasteiger partial charge < -0.3 is 5.32 Å². The van der Waals surface area contributed by atoms with Gasteiger partial charge in [0.25, 0.3) is 15.9 Å². The second-order valence-corrected chi connectivity index (χ2v) is 6.78. The highest BCUT2D eigenvalue weighted by Crippen LogP contribution is 2.35. The molecule has 2 rings (SSSR count). The van der Waals surface area contributed by atoms with E-state index in [-0.39, 0.29) is 16.4 Å². The zero-order valence-corrected chi connectivity index (χ0v) is 15.7. The lowest BCUT2D eigenvalue weighted by Gasteiger charge is -2.29. The summed E-state index contributed by atoms with van der Waals surface area (Å²) in [5.41, 5.74) is 1.12. The maximum atomic E-state index is 12.6. The predicted molar refractivity (Wildman–Crippen MR) is 101 cm³/mol. The average molecular weight is 361 g/mol. The van der Waals surface area contributed by atoms with Crippen molar-refractivity contribution in [2.75, 3.05) is 7.05 Å². The Hall–Kier alpha value is -2.67. The van der Waals surface area contributed by atoms with Crippen molar-refractivity contribution >= 4 is 28.2 Å². The summed E-state index contributed by atoms with van der Waals surface area (Å²) in [4.78, 5) is 16.4. The summed E-state index contributed by atoms with van der Waals surface area (Å²) in [5, 5.41) is 2.52. The average Bonchev–Trinajstić information content (AvgIpc) is 2.62. The van der Waals surface area contributed by atoms with Crippen LogP contribution >= 0.6 is 0 Å². The predicted octanol–water partition coefficient (Wildman–Crippen LogP) is 2.92. The van der Waals surface area contributed by atoms with Gasteiger partial charge >= 0.3 is 0 Å². The van der Waals surface area contributed by atoms with Crippen molar-refractivity contribution in [1.82, 2.24) is 9.62 Å². The Morgan fingerprint density at radius 2 is 1.88 bits per heavy atom. The summed E-state index contributed by atoms with van der Waals surface area (Å²) in [7, 11) is -2.42. The molecule has 0 saturated heterocycles. The van der Waals surface area contributed by atoms with Gasteiger partial charge in [-0.25, -0.2) is 13.4 Å². The number of carbonyl (C=O) groups excluding carboxylic acids is 1. The number of carbonyl (C=O) groups is 1. The molecule has 0 radical (unpaired) electrons. The molecule has 0 unspecified atom stereocenters. The van der Waals surface area contributed by atoms with E-state index in [1.165, 1.54) is 25.3 Å². The van der Waals surface area contributed by atoms with Crippen LogP contribution in [0.4, 0.5) is 0 Å². The Balaban J connectivity index is 0.00000151. The van der Waals surface area contributed by atoms with Crippen molar-refractivity contribution in [3.05, 3.63) is 60.1 Å². The summed E-state index contributed by atoms with van der Waals surface area (Å²) in [6.45, 7) is 12.6. The molecule has 134 valence electrons. The van der Waals surface area contributed by atoms with E-state index in [0.717, 1.165) is 4.31 Å². The number of likely N-dealkylation sites (N-methyl/N-ethyl adjacent to an activating group) is 1. The first kappa shape index (κ1) is 20.4. The van der Waals surface area contributed by atoms with Gasteiger partial charge in [-0.05, 0) is 31.4 Å². The largest absolute Gasteiger partial charge is 0.305 e. The lowest BCUT2D eigenvalue weighted by atomic mass is 10.0. The fraction of sp³-hybridized carbons (Fsp3) is 0.222. The van der Waals surface area contributed by atoms with Crippen LogP contribution in [0.5, 0.6) is 0 Å². The number of amides is 1. The standard InChI is InChI=1S/C16H17N3O3S.C2H6/c1-5-8-14(17-3)18-16(20)15-11(2)12-9-6-7-10-13(12)23(21,22)19(15)4;1-2/h5-10H,1,3H2,2,4H3,(H,18,20);1-2H3/b14-8+;. The third-order valence-corrected chi connectivity index (χ3v) is 5.32. The van der Waals surface area contributed by atoms with E-state index in [4.69, 9.17) is 0 Å². The molecule has 0 saturated carbocycles. The number of rotatable bonds is 4. The van der Waals surface area contributed by atoms with Crippen molar-refractivity contribution < 1.29 is 13.2 Å². The zero-order valence-electron chi connectivity index (χ0n) is 14.9. The lowest BCUT2D eigenvalue weighted by molar-refractivity contribution is -0.117. The molecule has 1 aromatic rings.